The van der Waals surface area contributed by atoms with Gasteiger partial charge in [0, 0.05) is 30.2 Å². The molecule has 0 saturated carbocycles. The van der Waals surface area contributed by atoms with Crippen molar-refractivity contribution in [1.82, 2.24) is 9.88 Å². The van der Waals surface area contributed by atoms with Crippen molar-refractivity contribution >= 4 is 10.9 Å². The molecule has 2 N–H and O–H groups in total. The molecule has 0 aliphatic carbocycles. The minimum absolute atomic E-state index is 0.0912. The molecule has 4 heterocycles. The maximum atomic E-state index is 6.74. The third-order valence-corrected chi connectivity index (χ3v) is 5.92. The number of nitrogens with zero attached hydrogens (tertiary/aromatic N) is 2. The fraction of sp³-hybridized carbons (Fsp3) is 0.526. The molecule has 116 valence electrons. The Morgan fingerprint density at radius 1 is 1.32 bits per heavy atom. The second-order valence-corrected chi connectivity index (χ2v) is 6.96. The van der Waals surface area contributed by atoms with Gasteiger partial charge in [0.15, 0.2) is 0 Å². The third kappa shape index (κ3) is 2.24. The minimum atomic E-state index is 0.0912. The SMILES string of the molecule is CCC1CN2CCC1CC2C(N)c1ccnc2ccccc12. The lowest BCUT2D eigenvalue weighted by atomic mass is 9.72. The molecule has 2 bridgehead atoms. The van der Waals surface area contributed by atoms with Gasteiger partial charge in [0.2, 0.25) is 0 Å². The van der Waals surface area contributed by atoms with Crippen LogP contribution in [0, 0.1) is 11.8 Å². The van der Waals surface area contributed by atoms with Crippen LogP contribution in [0.1, 0.15) is 37.8 Å². The van der Waals surface area contributed by atoms with E-state index in [0.29, 0.717) is 6.04 Å². The number of piperidine rings is 3. The molecule has 3 fully saturated rings. The summed E-state index contributed by atoms with van der Waals surface area (Å²) in [5.74, 6) is 1.76. The first kappa shape index (κ1) is 14.2. The Balaban J connectivity index is 1.66. The second kappa shape index (κ2) is 5.64. The summed E-state index contributed by atoms with van der Waals surface area (Å²) in [5.41, 5.74) is 9.05. The van der Waals surface area contributed by atoms with Gasteiger partial charge in [0.05, 0.1) is 5.52 Å². The van der Waals surface area contributed by atoms with Crippen molar-refractivity contribution in [3.63, 3.8) is 0 Å². The molecule has 5 atom stereocenters. The van der Waals surface area contributed by atoms with Crippen LogP contribution in [-0.4, -0.2) is 29.0 Å². The maximum absolute atomic E-state index is 6.74. The highest BCUT2D eigenvalue weighted by Crippen LogP contribution is 2.41. The van der Waals surface area contributed by atoms with Crippen molar-refractivity contribution in [2.75, 3.05) is 13.1 Å². The van der Waals surface area contributed by atoms with E-state index in [1.807, 2.05) is 12.3 Å². The smallest absolute Gasteiger partial charge is 0.0705 e. The summed E-state index contributed by atoms with van der Waals surface area (Å²) in [5, 5.41) is 1.21. The van der Waals surface area contributed by atoms with Crippen molar-refractivity contribution in [1.29, 1.82) is 0 Å². The Bertz CT molecular complexity index is 663. The lowest BCUT2D eigenvalue weighted by Crippen LogP contribution is -2.56. The van der Waals surface area contributed by atoms with E-state index in [1.165, 1.54) is 43.3 Å². The highest BCUT2D eigenvalue weighted by Gasteiger charge is 2.41. The van der Waals surface area contributed by atoms with E-state index in [4.69, 9.17) is 5.73 Å². The van der Waals surface area contributed by atoms with E-state index in [2.05, 4.69) is 41.1 Å². The van der Waals surface area contributed by atoms with Crippen molar-refractivity contribution in [3.05, 3.63) is 42.1 Å². The van der Waals surface area contributed by atoms with Crippen molar-refractivity contribution < 1.29 is 0 Å². The van der Waals surface area contributed by atoms with Crippen LogP contribution in [0.15, 0.2) is 36.5 Å². The molecule has 0 amide bonds. The van der Waals surface area contributed by atoms with Crippen LogP contribution in [0.3, 0.4) is 0 Å². The summed E-state index contributed by atoms with van der Waals surface area (Å²) in [6.45, 7) is 4.79. The van der Waals surface area contributed by atoms with E-state index in [9.17, 15) is 0 Å². The summed E-state index contributed by atoms with van der Waals surface area (Å²) < 4.78 is 0. The fourth-order valence-corrected chi connectivity index (χ4v) is 4.63. The van der Waals surface area contributed by atoms with Crippen LogP contribution < -0.4 is 5.73 Å². The number of aromatic nitrogens is 1. The summed E-state index contributed by atoms with van der Waals surface area (Å²) in [4.78, 5) is 7.12. The summed E-state index contributed by atoms with van der Waals surface area (Å²) in [7, 11) is 0. The van der Waals surface area contributed by atoms with Crippen LogP contribution in [0.25, 0.3) is 10.9 Å². The van der Waals surface area contributed by atoms with Gasteiger partial charge in [-0.25, -0.2) is 0 Å². The van der Waals surface area contributed by atoms with E-state index >= 15 is 0 Å². The second-order valence-electron chi connectivity index (χ2n) is 6.96. The monoisotopic (exact) mass is 295 g/mol. The number of nitrogens with two attached hydrogens (primary N) is 1. The van der Waals surface area contributed by atoms with Crippen LogP contribution in [-0.2, 0) is 0 Å². The molecule has 1 aromatic carbocycles. The van der Waals surface area contributed by atoms with E-state index in [-0.39, 0.29) is 6.04 Å². The molecule has 0 spiro atoms. The average molecular weight is 295 g/mol. The fourth-order valence-electron chi connectivity index (χ4n) is 4.63. The molecule has 2 aromatic rings. The molecule has 5 unspecified atom stereocenters. The zero-order chi connectivity index (χ0) is 15.1. The zero-order valence-corrected chi connectivity index (χ0v) is 13.3. The van der Waals surface area contributed by atoms with Gasteiger partial charge in [-0.15, -0.1) is 0 Å². The molecule has 3 saturated heterocycles. The molecule has 22 heavy (non-hydrogen) atoms. The van der Waals surface area contributed by atoms with Gasteiger partial charge >= 0.3 is 0 Å². The molecule has 5 rings (SSSR count). The third-order valence-electron chi connectivity index (χ3n) is 5.92. The molecule has 3 heteroatoms. The predicted octanol–water partition coefficient (Wildman–Crippen LogP) is 3.36. The molecular weight excluding hydrogens is 270 g/mol. The standard InChI is InChI=1S/C19H25N3/c1-2-13-12-22-10-8-14(13)11-18(22)19(20)16-7-9-21-17-6-4-3-5-15(16)17/h3-7,9,13-14,18-19H,2,8,10-12,20H2,1H3. The number of fused-ring (bicyclic) bond motifs is 4. The number of pyridine rings is 1. The molecule has 3 aliphatic heterocycles. The summed E-state index contributed by atoms with van der Waals surface area (Å²) in [6.07, 6.45) is 5.83. The Kier molecular flexibility index (Phi) is 3.63. The lowest BCUT2D eigenvalue weighted by molar-refractivity contribution is -0.0105. The number of rotatable bonds is 3. The first-order valence-corrected chi connectivity index (χ1v) is 8.61. The van der Waals surface area contributed by atoms with Crippen LogP contribution in [0.2, 0.25) is 0 Å². The van der Waals surface area contributed by atoms with E-state index < -0.39 is 0 Å². The Labute approximate surface area is 132 Å². The maximum Gasteiger partial charge on any atom is 0.0705 e. The van der Waals surface area contributed by atoms with E-state index in [0.717, 1.165) is 17.4 Å². The topological polar surface area (TPSA) is 42.1 Å². The number of hydrogen-bond acceptors (Lipinski definition) is 3. The molecule has 3 nitrogen and oxygen atoms in total. The summed E-state index contributed by atoms with van der Waals surface area (Å²) in [6, 6.07) is 11.1. The highest BCUT2D eigenvalue weighted by atomic mass is 15.2. The minimum Gasteiger partial charge on any atom is -0.323 e. The van der Waals surface area contributed by atoms with Gasteiger partial charge in [-0.2, -0.15) is 0 Å². The van der Waals surface area contributed by atoms with Crippen LogP contribution in [0.5, 0.6) is 0 Å². The lowest BCUT2D eigenvalue weighted by Gasteiger charge is -2.51. The van der Waals surface area contributed by atoms with E-state index in [1.54, 1.807) is 0 Å². The molecule has 0 radical (unpaired) electrons. The molecular formula is C19H25N3. The van der Waals surface area contributed by atoms with Gasteiger partial charge in [-0.1, -0.05) is 31.5 Å². The van der Waals surface area contributed by atoms with Gasteiger partial charge < -0.3 is 5.73 Å². The van der Waals surface area contributed by atoms with Gasteiger partial charge in [-0.3, -0.25) is 9.88 Å². The Morgan fingerprint density at radius 2 is 2.18 bits per heavy atom. The van der Waals surface area contributed by atoms with Crippen LogP contribution >= 0.6 is 0 Å². The quantitative estimate of drug-likeness (QED) is 0.944. The van der Waals surface area contributed by atoms with Gasteiger partial charge in [-0.05, 0) is 48.9 Å². The first-order valence-electron chi connectivity index (χ1n) is 8.61. The molecule has 3 aliphatic rings. The van der Waals surface area contributed by atoms with Gasteiger partial charge in [0.1, 0.15) is 0 Å². The number of para-hydroxylation sites is 1. The van der Waals surface area contributed by atoms with Crippen LogP contribution in [0.4, 0.5) is 0 Å². The summed E-state index contributed by atoms with van der Waals surface area (Å²) >= 11 is 0. The number of hydrogen-bond donors (Lipinski definition) is 1. The molecule has 1 aromatic heterocycles. The Hall–Kier alpha value is -1.45. The zero-order valence-electron chi connectivity index (χ0n) is 13.3. The number of benzene rings is 1. The average Bonchev–Trinajstić information content (AvgIpc) is 2.60. The largest absolute Gasteiger partial charge is 0.323 e. The van der Waals surface area contributed by atoms with Gasteiger partial charge in [0.25, 0.3) is 0 Å². The Morgan fingerprint density at radius 3 is 2.95 bits per heavy atom. The highest BCUT2D eigenvalue weighted by molar-refractivity contribution is 5.82. The normalized spacial score (nSPS) is 32.3. The first-order chi connectivity index (χ1) is 10.8. The predicted molar refractivity (Wildman–Crippen MR) is 90.5 cm³/mol. The van der Waals surface area contributed by atoms with Crippen molar-refractivity contribution in [2.45, 2.75) is 38.3 Å². The van der Waals surface area contributed by atoms with Crippen molar-refractivity contribution in [3.8, 4) is 0 Å². The van der Waals surface area contributed by atoms with Crippen molar-refractivity contribution in [2.24, 2.45) is 17.6 Å².